The van der Waals surface area contributed by atoms with Crippen LogP contribution >= 0.6 is 0 Å². The first-order valence-corrected chi connectivity index (χ1v) is 6.89. The second-order valence-corrected chi connectivity index (χ2v) is 5.74. The molecule has 0 unspecified atom stereocenters. The maximum atomic E-state index is 9.39. The van der Waals surface area contributed by atoms with Crippen molar-refractivity contribution in [1.29, 1.82) is 10.5 Å². The van der Waals surface area contributed by atoms with Crippen LogP contribution in [0.4, 0.5) is 5.69 Å². The zero-order chi connectivity index (χ0) is 13.7. The van der Waals surface area contributed by atoms with Crippen molar-refractivity contribution in [1.82, 2.24) is 0 Å². The molecule has 5 nitrogen and oxygen atoms in total. The van der Waals surface area contributed by atoms with E-state index in [1.807, 2.05) is 35.3 Å². The maximum Gasteiger partial charge on any atom is 0.0998 e. The number of hydrogen-bond acceptors (Lipinski definition) is 5. The van der Waals surface area contributed by atoms with Gasteiger partial charge in [-0.3, -0.25) is 0 Å². The summed E-state index contributed by atoms with van der Waals surface area (Å²) in [5.41, 5.74) is 1.02. The van der Waals surface area contributed by atoms with E-state index in [-0.39, 0.29) is 35.8 Å². The Labute approximate surface area is 117 Å². The number of nitriles is 2. The standard InChI is InChI=1S/C15H13N5/c16-7-12-10-6-11(13(12)8-17)15-14(10)18-19-20(15)9-4-2-1-3-5-9/h1-5,10-15H,6H2/t10-,11+,12+,13-,14+,15-/m1/s1. The zero-order valence-corrected chi connectivity index (χ0v) is 10.8. The lowest BCUT2D eigenvalue weighted by atomic mass is 9.76. The molecular weight excluding hydrogens is 250 g/mol. The molecule has 1 aromatic carbocycles. The summed E-state index contributed by atoms with van der Waals surface area (Å²) < 4.78 is 0. The Morgan fingerprint density at radius 2 is 1.75 bits per heavy atom. The van der Waals surface area contributed by atoms with Gasteiger partial charge >= 0.3 is 0 Å². The lowest BCUT2D eigenvalue weighted by Crippen LogP contribution is -2.45. The molecule has 4 rings (SSSR count). The smallest absolute Gasteiger partial charge is 0.0998 e. The molecule has 2 fully saturated rings. The van der Waals surface area contributed by atoms with E-state index in [1.54, 1.807) is 0 Å². The topological polar surface area (TPSA) is 75.5 Å². The molecule has 1 heterocycles. The van der Waals surface area contributed by atoms with Gasteiger partial charge < -0.3 is 0 Å². The number of rotatable bonds is 1. The number of para-hydroxylation sites is 1. The molecule has 0 saturated heterocycles. The highest BCUT2D eigenvalue weighted by molar-refractivity contribution is 5.48. The Balaban J connectivity index is 1.70. The fourth-order valence-corrected chi connectivity index (χ4v) is 4.16. The zero-order valence-electron chi connectivity index (χ0n) is 10.8. The van der Waals surface area contributed by atoms with Crippen LogP contribution in [0.2, 0.25) is 0 Å². The quantitative estimate of drug-likeness (QED) is 0.781. The predicted octanol–water partition coefficient (Wildman–Crippen LogP) is 2.54. The first-order chi connectivity index (χ1) is 9.85. The van der Waals surface area contributed by atoms with E-state index in [0.717, 1.165) is 12.1 Å². The summed E-state index contributed by atoms with van der Waals surface area (Å²) in [4.78, 5) is 0. The summed E-state index contributed by atoms with van der Waals surface area (Å²) in [5, 5.41) is 29.3. The molecule has 0 N–H and O–H groups in total. The minimum absolute atomic E-state index is 0.0782. The fraction of sp³-hybridized carbons (Fsp3) is 0.467. The largest absolute Gasteiger partial charge is 0.242 e. The van der Waals surface area contributed by atoms with Gasteiger partial charge in [-0.15, -0.1) is 0 Å². The fourth-order valence-electron chi connectivity index (χ4n) is 4.16. The molecule has 6 atom stereocenters. The Morgan fingerprint density at radius 3 is 2.45 bits per heavy atom. The van der Waals surface area contributed by atoms with Crippen molar-refractivity contribution in [2.45, 2.75) is 18.5 Å². The van der Waals surface area contributed by atoms with Gasteiger partial charge in [0.1, 0.15) is 0 Å². The van der Waals surface area contributed by atoms with Gasteiger partial charge in [0, 0.05) is 11.8 Å². The van der Waals surface area contributed by atoms with Crippen molar-refractivity contribution >= 4 is 5.69 Å². The monoisotopic (exact) mass is 263 g/mol. The predicted molar refractivity (Wildman–Crippen MR) is 71.2 cm³/mol. The van der Waals surface area contributed by atoms with Crippen LogP contribution in [0, 0.1) is 46.3 Å². The van der Waals surface area contributed by atoms with Crippen molar-refractivity contribution < 1.29 is 0 Å². The third-order valence-corrected chi connectivity index (χ3v) is 4.96. The van der Waals surface area contributed by atoms with Crippen LogP contribution in [0.5, 0.6) is 0 Å². The first kappa shape index (κ1) is 11.4. The molecule has 2 bridgehead atoms. The van der Waals surface area contributed by atoms with Crippen LogP contribution in [0.1, 0.15) is 6.42 Å². The molecule has 2 saturated carbocycles. The van der Waals surface area contributed by atoms with E-state index in [2.05, 4.69) is 22.5 Å². The highest BCUT2D eigenvalue weighted by Gasteiger charge is 2.62. The van der Waals surface area contributed by atoms with Crippen molar-refractivity contribution in [3.63, 3.8) is 0 Å². The Hall–Kier alpha value is -2.40. The minimum Gasteiger partial charge on any atom is -0.242 e. The molecule has 0 radical (unpaired) electrons. The summed E-state index contributed by atoms with van der Waals surface area (Å²) in [6.07, 6.45) is 0.925. The molecule has 1 aliphatic heterocycles. The molecule has 0 aromatic heterocycles. The first-order valence-electron chi connectivity index (χ1n) is 6.89. The van der Waals surface area contributed by atoms with E-state index in [9.17, 15) is 10.5 Å². The normalized spacial score (nSPS) is 40.4. The van der Waals surface area contributed by atoms with Gasteiger partial charge in [0.15, 0.2) is 0 Å². The molecule has 2 aliphatic carbocycles. The van der Waals surface area contributed by atoms with Crippen LogP contribution < -0.4 is 5.01 Å². The summed E-state index contributed by atoms with van der Waals surface area (Å²) in [6.45, 7) is 0. The third kappa shape index (κ3) is 1.30. The second-order valence-electron chi connectivity index (χ2n) is 5.74. The van der Waals surface area contributed by atoms with E-state index < -0.39 is 0 Å². The highest BCUT2D eigenvalue weighted by atomic mass is 15.6. The van der Waals surface area contributed by atoms with E-state index in [0.29, 0.717) is 0 Å². The summed E-state index contributed by atoms with van der Waals surface area (Å²) in [6, 6.07) is 14.8. The van der Waals surface area contributed by atoms with E-state index in [4.69, 9.17) is 0 Å². The SMILES string of the molecule is N#C[C@@H]1[C@H](C#N)[C@@H]2C[C@H]1[C@@H]1N=NN(c3ccccc3)[C@H]21. The number of hydrogen-bond donors (Lipinski definition) is 0. The van der Waals surface area contributed by atoms with E-state index >= 15 is 0 Å². The Morgan fingerprint density at radius 1 is 1.05 bits per heavy atom. The van der Waals surface area contributed by atoms with E-state index in [1.165, 1.54) is 0 Å². The van der Waals surface area contributed by atoms with Gasteiger partial charge in [-0.1, -0.05) is 23.4 Å². The minimum atomic E-state index is -0.180. The van der Waals surface area contributed by atoms with Crippen LogP contribution in [-0.2, 0) is 0 Å². The molecule has 3 aliphatic rings. The Bertz CT molecular complexity index is 640. The number of fused-ring (bicyclic) bond motifs is 5. The number of nitrogens with zero attached hydrogens (tertiary/aromatic N) is 5. The van der Waals surface area contributed by atoms with Gasteiger partial charge in [0.05, 0.1) is 41.7 Å². The summed E-state index contributed by atoms with van der Waals surface area (Å²) in [7, 11) is 0. The Kier molecular flexibility index (Phi) is 2.31. The average molecular weight is 263 g/mol. The molecule has 0 spiro atoms. The molecule has 0 amide bonds. The van der Waals surface area contributed by atoms with Gasteiger partial charge in [-0.05, 0) is 18.6 Å². The molecule has 20 heavy (non-hydrogen) atoms. The van der Waals surface area contributed by atoms with Crippen LogP contribution in [0.3, 0.4) is 0 Å². The van der Waals surface area contributed by atoms with Crippen molar-refractivity contribution in [3.05, 3.63) is 30.3 Å². The van der Waals surface area contributed by atoms with Crippen molar-refractivity contribution in [2.75, 3.05) is 5.01 Å². The van der Waals surface area contributed by atoms with Crippen LogP contribution in [0.15, 0.2) is 40.7 Å². The van der Waals surface area contributed by atoms with Gasteiger partial charge in [-0.2, -0.15) is 15.6 Å². The maximum absolute atomic E-state index is 9.39. The van der Waals surface area contributed by atoms with Crippen molar-refractivity contribution in [3.8, 4) is 12.1 Å². The third-order valence-electron chi connectivity index (χ3n) is 4.96. The number of benzene rings is 1. The van der Waals surface area contributed by atoms with Crippen LogP contribution in [-0.4, -0.2) is 12.1 Å². The lowest BCUT2D eigenvalue weighted by Gasteiger charge is -2.33. The average Bonchev–Trinajstić information content (AvgIpc) is 3.17. The van der Waals surface area contributed by atoms with Crippen molar-refractivity contribution in [2.24, 2.45) is 34.0 Å². The molecular formula is C15H13N5. The molecule has 5 heteroatoms. The number of anilines is 1. The highest BCUT2D eigenvalue weighted by Crippen LogP contribution is 2.56. The van der Waals surface area contributed by atoms with Crippen LogP contribution in [0.25, 0.3) is 0 Å². The van der Waals surface area contributed by atoms with Gasteiger partial charge in [-0.25, -0.2) is 5.01 Å². The molecule has 98 valence electrons. The van der Waals surface area contributed by atoms with Gasteiger partial charge in [0.2, 0.25) is 0 Å². The lowest BCUT2D eigenvalue weighted by molar-refractivity contribution is 0.275. The van der Waals surface area contributed by atoms with Gasteiger partial charge in [0.25, 0.3) is 0 Å². The second kappa shape index (κ2) is 4.05. The summed E-state index contributed by atoms with van der Waals surface area (Å²) >= 11 is 0. The molecule has 1 aromatic rings. The summed E-state index contributed by atoms with van der Waals surface area (Å²) in [5.74, 6) is 0.0360.